The molecule has 0 saturated heterocycles. The molecule has 0 heterocycles. The molecule has 0 spiro atoms. The van der Waals surface area contributed by atoms with Crippen molar-refractivity contribution in [2.24, 2.45) is 0 Å². The minimum Gasteiger partial charge on any atom is -0.323 e. The van der Waals surface area contributed by atoms with Gasteiger partial charge in [-0.25, -0.2) is 0 Å². The monoisotopic (exact) mass is 248 g/mol. The number of carbonyl (C=O) groups excluding carboxylic acids is 1. The lowest BCUT2D eigenvalue weighted by Crippen LogP contribution is -2.14. The molecule has 0 aliphatic heterocycles. The molecule has 0 unspecified atom stereocenters. The number of anilines is 1. The average molecular weight is 248 g/mol. The summed E-state index contributed by atoms with van der Waals surface area (Å²) in [7, 11) is 0. The Morgan fingerprint density at radius 3 is 2.17 bits per heavy atom. The number of para-hydroxylation sites is 1. The molecule has 0 aromatic heterocycles. The van der Waals surface area contributed by atoms with Crippen molar-refractivity contribution in [1.82, 2.24) is 5.32 Å². The third-order valence-electron chi connectivity index (χ3n) is 2.08. The SMILES string of the molecule is C=CC(=O)Nc1ccccc1.CCCNCCC. The second-order valence-corrected chi connectivity index (χ2v) is 3.81. The van der Waals surface area contributed by atoms with Gasteiger partial charge in [0.1, 0.15) is 0 Å². The Bertz CT molecular complexity index is 319. The molecule has 0 fully saturated rings. The van der Waals surface area contributed by atoms with Gasteiger partial charge in [-0.2, -0.15) is 0 Å². The van der Waals surface area contributed by atoms with Crippen LogP contribution in [-0.2, 0) is 4.79 Å². The summed E-state index contributed by atoms with van der Waals surface area (Å²) in [5.41, 5.74) is 0.789. The Hall–Kier alpha value is -1.61. The van der Waals surface area contributed by atoms with Gasteiger partial charge in [0, 0.05) is 5.69 Å². The van der Waals surface area contributed by atoms with E-state index in [4.69, 9.17) is 0 Å². The molecule has 0 radical (unpaired) electrons. The molecule has 0 aliphatic carbocycles. The fraction of sp³-hybridized carbons (Fsp3) is 0.400. The fourth-order valence-electron chi connectivity index (χ4n) is 1.19. The molecular weight excluding hydrogens is 224 g/mol. The van der Waals surface area contributed by atoms with E-state index in [1.165, 1.54) is 32.0 Å². The van der Waals surface area contributed by atoms with E-state index >= 15 is 0 Å². The van der Waals surface area contributed by atoms with Crippen molar-refractivity contribution in [1.29, 1.82) is 0 Å². The van der Waals surface area contributed by atoms with Gasteiger partial charge in [-0.1, -0.05) is 38.6 Å². The molecule has 3 nitrogen and oxygen atoms in total. The van der Waals surface area contributed by atoms with Crippen molar-refractivity contribution >= 4 is 11.6 Å². The van der Waals surface area contributed by atoms with Crippen LogP contribution >= 0.6 is 0 Å². The van der Waals surface area contributed by atoms with Gasteiger partial charge in [-0.15, -0.1) is 0 Å². The van der Waals surface area contributed by atoms with Crippen LogP contribution in [0, 0.1) is 0 Å². The first-order chi connectivity index (χ1) is 8.74. The number of benzene rings is 1. The van der Waals surface area contributed by atoms with Crippen molar-refractivity contribution in [3.8, 4) is 0 Å². The first-order valence-electron chi connectivity index (χ1n) is 6.43. The Morgan fingerprint density at radius 2 is 1.72 bits per heavy atom. The van der Waals surface area contributed by atoms with Gasteiger partial charge in [0.2, 0.25) is 5.91 Å². The van der Waals surface area contributed by atoms with Crippen molar-refractivity contribution in [3.05, 3.63) is 43.0 Å². The van der Waals surface area contributed by atoms with E-state index in [1.54, 1.807) is 0 Å². The third kappa shape index (κ3) is 9.60. The average Bonchev–Trinajstić information content (AvgIpc) is 2.41. The molecule has 18 heavy (non-hydrogen) atoms. The molecule has 0 atom stereocenters. The summed E-state index contributed by atoms with van der Waals surface area (Å²) in [5.74, 6) is -0.184. The van der Waals surface area contributed by atoms with E-state index in [0.29, 0.717) is 0 Å². The second-order valence-electron chi connectivity index (χ2n) is 3.81. The number of carbonyl (C=O) groups is 1. The highest BCUT2D eigenvalue weighted by Gasteiger charge is 1.92. The molecule has 1 aromatic rings. The summed E-state index contributed by atoms with van der Waals surface area (Å²) in [6.45, 7) is 10.1. The first kappa shape index (κ1) is 16.4. The quantitative estimate of drug-likeness (QED) is 0.599. The van der Waals surface area contributed by atoms with Crippen LogP contribution in [0.1, 0.15) is 26.7 Å². The second kappa shape index (κ2) is 11.9. The topological polar surface area (TPSA) is 41.1 Å². The van der Waals surface area contributed by atoms with Crippen LogP contribution in [0.3, 0.4) is 0 Å². The van der Waals surface area contributed by atoms with Gasteiger partial charge in [-0.3, -0.25) is 4.79 Å². The molecular formula is C15H24N2O. The lowest BCUT2D eigenvalue weighted by molar-refractivity contribution is -0.111. The number of rotatable bonds is 6. The Morgan fingerprint density at radius 1 is 1.17 bits per heavy atom. The summed E-state index contributed by atoms with van der Waals surface area (Å²) in [5, 5.41) is 5.92. The highest BCUT2D eigenvalue weighted by atomic mass is 16.1. The van der Waals surface area contributed by atoms with Crippen LogP contribution in [0.15, 0.2) is 43.0 Å². The maximum absolute atomic E-state index is 10.8. The zero-order valence-corrected chi connectivity index (χ0v) is 11.4. The summed E-state index contributed by atoms with van der Waals surface area (Å²) in [6.07, 6.45) is 3.74. The van der Waals surface area contributed by atoms with Crippen LogP contribution < -0.4 is 10.6 Å². The maximum atomic E-state index is 10.8. The Balaban J connectivity index is 0.000000360. The molecule has 2 N–H and O–H groups in total. The molecule has 0 aliphatic rings. The molecule has 3 heteroatoms. The van der Waals surface area contributed by atoms with Crippen molar-refractivity contribution in [2.45, 2.75) is 26.7 Å². The highest BCUT2D eigenvalue weighted by molar-refractivity contribution is 5.98. The summed E-state index contributed by atoms with van der Waals surface area (Å²) in [4.78, 5) is 10.8. The number of hydrogen-bond acceptors (Lipinski definition) is 2. The highest BCUT2D eigenvalue weighted by Crippen LogP contribution is 2.03. The molecule has 0 saturated carbocycles. The third-order valence-corrected chi connectivity index (χ3v) is 2.08. The van der Waals surface area contributed by atoms with Crippen LogP contribution in [0.5, 0.6) is 0 Å². The zero-order chi connectivity index (χ0) is 13.6. The number of hydrogen-bond donors (Lipinski definition) is 2. The molecule has 1 amide bonds. The van der Waals surface area contributed by atoms with E-state index in [-0.39, 0.29) is 5.91 Å². The van der Waals surface area contributed by atoms with E-state index in [2.05, 4.69) is 31.1 Å². The summed E-state index contributed by atoms with van der Waals surface area (Å²) in [6, 6.07) is 9.25. The summed E-state index contributed by atoms with van der Waals surface area (Å²) < 4.78 is 0. The van der Waals surface area contributed by atoms with Gasteiger partial charge in [0.05, 0.1) is 0 Å². The normalized spacial score (nSPS) is 9.00. The molecule has 0 bridgehead atoms. The molecule has 100 valence electrons. The van der Waals surface area contributed by atoms with Crippen molar-refractivity contribution in [3.63, 3.8) is 0 Å². The van der Waals surface area contributed by atoms with Gasteiger partial charge in [0.25, 0.3) is 0 Å². The van der Waals surface area contributed by atoms with Gasteiger partial charge < -0.3 is 10.6 Å². The lowest BCUT2D eigenvalue weighted by atomic mass is 10.3. The van der Waals surface area contributed by atoms with Gasteiger partial charge in [-0.05, 0) is 44.1 Å². The Labute approximate surface area is 110 Å². The van der Waals surface area contributed by atoms with E-state index in [0.717, 1.165) is 5.69 Å². The van der Waals surface area contributed by atoms with Crippen molar-refractivity contribution in [2.75, 3.05) is 18.4 Å². The lowest BCUT2D eigenvalue weighted by Gasteiger charge is -1.98. The Kier molecular flexibility index (Phi) is 10.8. The zero-order valence-electron chi connectivity index (χ0n) is 11.4. The largest absolute Gasteiger partial charge is 0.323 e. The van der Waals surface area contributed by atoms with E-state index in [9.17, 15) is 4.79 Å². The van der Waals surface area contributed by atoms with Gasteiger partial charge >= 0.3 is 0 Å². The minimum atomic E-state index is -0.184. The van der Waals surface area contributed by atoms with Crippen molar-refractivity contribution < 1.29 is 4.79 Å². The van der Waals surface area contributed by atoms with Crippen LogP contribution in [0.4, 0.5) is 5.69 Å². The van der Waals surface area contributed by atoms with E-state index < -0.39 is 0 Å². The van der Waals surface area contributed by atoms with Crippen LogP contribution in [0.25, 0.3) is 0 Å². The summed E-state index contributed by atoms with van der Waals surface area (Å²) >= 11 is 0. The predicted molar refractivity (Wildman–Crippen MR) is 78.7 cm³/mol. The minimum absolute atomic E-state index is 0.184. The van der Waals surface area contributed by atoms with Crippen LogP contribution in [-0.4, -0.2) is 19.0 Å². The molecule has 1 aromatic carbocycles. The fourth-order valence-corrected chi connectivity index (χ4v) is 1.19. The van der Waals surface area contributed by atoms with Gasteiger partial charge in [0.15, 0.2) is 0 Å². The standard InChI is InChI=1S/C9H9NO.C6H15N/c1-2-9(11)10-8-6-4-3-5-7-8;1-3-5-7-6-4-2/h2-7H,1H2,(H,10,11);7H,3-6H2,1-2H3. The number of amides is 1. The first-order valence-corrected chi connectivity index (χ1v) is 6.43. The van der Waals surface area contributed by atoms with Crippen LogP contribution in [0.2, 0.25) is 0 Å². The number of nitrogens with one attached hydrogen (secondary N) is 2. The predicted octanol–water partition coefficient (Wildman–Crippen LogP) is 3.21. The van der Waals surface area contributed by atoms with E-state index in [1.807, 2.05) is 30.3 Å². The maximum Gasteiger partial charge on any atom is 0.247 e. The molecule has 1 rings (SSSR count). The smallest absolute Gasteiger partial charge is 0.247 e.